The van der Waals surface area contributed by atoms with E-state index >= 15 is 0 Å². The minimum absolute atomic E-state index is 0.0198. The van der Waals surface area contributed by atoms with Crippen LogP contribution in [0.3, 0.4) is 0 Å². The molecule has 3 rings (SSSR count). The van der Waals surface area contributed by atoms with Crippen LogP contribution in [-0.4, -0.2) is 49.1 Å². The van der Waals surface area contributed by atoms with Gasteiger partial charge in [-0.15, -0.1) is 0 Å². The number of benzene rings is 2. The van der Waals surface area contributed by atoms with Crippen LogP contribution in [0.1, 0.15) is 29.2 Å². The van der Waals surface area contributed by atoms with Gasteiger partial charge >= 0.3 is 0 Å². The molecule has 0 spiro atoms. The number of aliphatic hydroxyl groups excluding tert-OH is 1. The highest BCUT2D eigenvalue weighted by Gasteiger charge is 2.45. The molecule has 6 nitrogen and oxygen atoms in total. The number of aryl methyl sites for hydroxylation is 1. The predicted molar refractivity (Wildman–Crippen MR) is 110 cm³/mol. The molecule has 0 saturated carbocycles. The van der Waals surface area contributed by atoms with Crippen molar-refractivity contribution in [3.63, 3.8) is 0 Å². The zero-order chi connectivity index (χ0) is 21.8. The summed E-state index contributed by atoms with van der Waals surface area (Å²) in [6.45, 7) is 2.49. The Hall–Kier alpha value is -3.19. The van der Waals surface area contributed by atoms with E-state index in [1.165, 1.54) is 29.2 Å². The summed E-state index contributed by atoms with van der Waals surface area (Å²) in [5, 5.41) is 11.0. The molecule has 0 aliphatic carbocycles. The predicted octanol–water partition coefficient (Wildman–Crippen LogP) is 3.60. The van der Waals surface area contributed by atoms with E-state index in [4.69, 9.17) is 9.47 Å². The van der Waals surface area contributed by atoms with Gasteiger partial charge in [-0.2, -0.15) is 0 Å². The molecule has 2 aromatic rings. The number of carbonyl (C=O) groups excluding carboxylic acids is 2. The molecule has 0 aromatic heterocycles. The average molecular weight is 413 g/mol. The van der Waals surface area contributed by atoms with Crippen LogP contribution >= 0.6 is 0 Å². The second-order valence-corrected chi connectivity index (χ2v) is 7.07. The van der Waals surface area contributed by atoms with E-state index in [1.54, 1.807) is 32.4 Å². The topological polar surface area (TPSA) is 76.1 Å². The van der Waals surface area contributed by atoms with Gasteiger partial charge in [0.25, 0.3) is 11.7 Å². The molecule has 1 unspecified atom stereocenters. The van der Waals surface area contributed by atoms with Crippen molar-refractivity contribution in [3.05, 3.63) is 70.5 Å². The molecule has 30 heavy (non-hydrogen) atoms. The van der Waals surface area contributed by atoms with E-state index in [0.29, 0.717) is 29.9 Å². The second-order valence-electron chi connectivity index (χ2n) is 7.07. The van der Waals surface area contributed by atoms with Crippen LogP contribution in [0.4, 0.5) is 4.39 Å². The fourth-order valence-corrected chi connectivity index (χ4v) is 3.66. The molecule has 0 bridgehead atoms. The maximum Gasteiger partial charge on any atom is 0.295 e. The summed E-state index contributed by atoms with van der Waals surface area (Å²) in [7, 11) is 3.10. The number of rotatable bonds is 7. The van der Waals surface area contributed by atoms with Gasteiger partial charge in [0.1, 0.15) is 17.3 Å². The molecular formula is C23H24FNO5. The molecule has 1 heterocycles. The number of amides is 1. The van der Waals surface area contributed by atoms with Gasteiger partial charge in [0.2, 0.25) is 0 Å². The number of Topliss-reactive ketones (excluding diaryl/α,β-unsaturated/α-hetero) is 1. The van der Waals surface area contributed by atoms with E-state index < -0.39 is 23.5 Å². The van der Waals surface area contributed by atoms with Crippen molar-refractivity contribution in [2.75, 3.05) is 27.4 Å². The first-order chi connectivity index (χ1) is 14.4. The third kappa shape index (κ3) is 4.07. The lowest BCUT2D eigenvalue weighted by molar-refractivity contribution is -0.140. The number of hydrogen-bond acceptors (Lipinski definition) is 5. The largest absolute Gasteiger partial charge is 0.507 e. The molecule has 7 heteroatoms. The van der Waals surface area contributed by atoms with Crippen LogP contribution in [0, 0.1) is 12.7 Å². The highest BCUT2D eigenvalue weighted by molar-refractivity contribution is 6.46. The molecule has 2 aromatic carbocycles. The minimum atomic E-state index is -0.815. The Balaban J connectivity index is 2.12. The van der Waals surface area contributed by atoms with Crippen molar-refractivity contribution in [3.8, 4) is 5.75 Å². The summed E-state index contributed by atoms with van der Waals surface area (Å²) in [5.74, 6) is -1.54. The Morgan fingerprint density at radius 3 is 2.43 bits per heavy atom. The lowest BCUT2D eigenvalue weighted by Crippen LogP contribution is -2.31. The van der Waals surface area contributed by atoms with E-state index in [0.717, 1.165) is 5.56 Å². The smallest absolute Gasteiger partial charge is 0.295 e. The quantitative estimate of drug-likeness (QED) is 0.325. The highest BCUT2D eigenvalue weighted by atomic mass is 19.1. The summed E-state index contributed by atoms with van der Waals surface area (Å²) in [4.78, 5) is 27.0. The fraction of sp³-hybridized carbons (Fsp3) is 0.304. The third-order valence-electron chi connectivity index (χ3n) is 5.14. The van der Waals surface area contributed by atoms with Crippen LogP contribution in [0.15, 0.2) is 48.0 Å². The lowest BCUT2D eigenvalue weighted by Gasteiger charge is -2.25. The molecule has 1 N–H and O–H groups in total. The van der Waals surface area contributed by atoms with Gasteiger partial charge in [0.15, 0.2) is 0 Å². The number of likely N-dealkylation sites (tertiary alicyclic amines) is 1. The Morgan fingerprint density at radius 1 is 1.13 bits per heavy atom. The first-order valence-corrected chi connectivity index (χ1v) is 9.56. The highest BCUT2D eigenvalue weighted by Crippen LogP contribution is 2.39. The zero-order valence-corrected chi connectivity index (χ0v) is 17.1. The number of ketones is 1. The third-order valence-corrected chi connectivity index (χ3v) is 5.14. The van der Waals surface area contributed by atoms with Crippen molar-refractivity contribution in [1.29, 1.82) is 0 Å². The van der Waals surface area contributed by atoms with Gasteiger partial charge in [-0.3, -0.25) is 9.59 Å². The average Bonchev–Trinajstić information content (AvgIpc) is 2.99. The summed E-state index contributed by atoms with van der Waals surface area (Å²) in [6, 6.07) is 9.75. The number of carbonyl (C=O) groups is 2. The number of nitrogens with zero attached hydrogens (tertiary/aromatic N) is 1. The summed E-state index contributed by atoms with van der Waals surface area (Å²) in [5.41, 5.74) is 1.69. The number of methoxy groups -OCH3 is 2. The van der Waals surface area contributed by atoms with Crippen molar-refractivity contribution >= 4 is 17.4 Å². The lowest BCUT2D eigenvalue weighted by atomic mass is 9.94. The van der Waals surface area contributed by atoms with Gasteiger partial charge in [0.05, 0.1) is 18.7 Å². The fourth-order valence-electron chi connectivity index (χ4n) is 3.66. The van der Waals surface area contributed by atoms with Crippen LogP contribution < -0.4 is 4.74 Å². The Morgan fingerprint density at radius 2 is 1.83 bits per heavy atom. The van der Waals surface area contributed by atoms with E-state index in [9.17, 15) is 19.1 Å². The Kier molecular flexibility index (Phi) is 6.52. The maximum atomic E-state index is 13.5. The second kappa shape index (κ2) is 9.09. The van der Waals surface area contributed by atoms with E-state index in [1.807, 2.05) is 6.92 Å². The molecule has 1 atom stereocenters. The standard InChI is InChI=1S/C23H24FNO5/c1-14-13-16(7-10-18(14)30-3)21(26)19-20(15-5-8-17(24)9-6-15)25(11-4-12-29-2)23(28)22(19)27/h5-10,13,20,26H,4,11-12H2,1-3H3. The van der Waals surface area contributed by atoms with Crippen molar-refractivity contribution in [2.24, 2.45) is 0 Å². The SMILES string of the molecule is COCCCN1C(=O)C(=O)C(=C(O)c2ccc(OC)c(C)c2)C1c1ccc(F)cc1. The zero-order valence-electron chi connectivity index (χ0n) is 17.1. The number of aliphatic hydroxyl groups is 1. The van der Waals surface area contributed by atoms with Crippen LogP contribution in [0.25, 0.3) is 5.76 Å². The van der Waals surface area contributed by atoms with Gasteiger partial charge in [-0.25, -0.2) is 4.39 Å². The van der Waals surface area contributed by atoms with E-state index in [-0.39, 0.29) is 17.9 Å². The van der Waals surface area contributed by atoms with Crippen molar-refractivity contribution in [1.82, 2.24) is 4.90 Å². The molecule has 0 radical (unpaired) electrons. The van der Waals surface area contributed by atoms with Crippen LogP contribution in [0.5, 0.6) is 5.75 Å². The van der Waals surface area contributed by atoms with Gasteiger partial charge in [-0.05, 0) is 54.8 Å². The van der Waals surface area contributed by atoms with Gasteiger partial charge < -0.3 is 19.5 Å². The summed E-state index contributed by atoms with van der Waals surface area (Å²) >= 11 is 0. The van der Waals surface area contributed by atoms with Crippen molar-refractivity contribution < 1.29 is 28.6 Å². The first-order valence-electron chi connectivity index (χ1n) is 9.56. The molecular weight excluding hydrogens is 389 g/mol. The summed E-state index contributed by atoms with van der Waals surface area (Å²) < 4.78 is 23.8. The van der Waals surface area contributed by atoms with Crippen LogP contribution in [-0.2, 0) is 14.3 Å². The Bertz CT molecular complexity index is 984. The normalized spacial score (nSPS) is 18.1. The number of hydrogen-bond donors (Lipinski definition) is 1. The molecule has 158 valence electrons. The van der Waals surface area contributed by atoms with E-state index in [2.05, 4.69) is 0 Å². The van der Waals surface area contributed by atoms with Gasteiger partial charge in [-0.1, -0.05) is 12.1 Å². The number of halogens is 1. The molecule has 1 amide bonds. The minimum Gasteiger partial charge on any atom is -0.507 e. The monoisotopic (exact) mass is 413 g/mol. The number of ether oxygens (including phenoxy) is 2. The first kappa shape index (κ1) is 21.5. The van der Waals surface area contributed by atoms with Gasteiger partial charge in [0, 0.05) is 25.8 Å². The molecule has 1 aliphatic heterocycles. The van der Waals surface area contributed by atoms with Crippen molar-refractivity contribution in [2.45, 2.75) is 19.4 Å². The maximum absolute atomic E-state index is 13.5. The summed E-state index contributed by atoms with van der Waals surface area (Å²) in [6.07, 6.45) is 0.517. The Labute approximate surface area is 174 Å². The molecule has 1 saturated heterocycles. The molecule has 1 fully saturated rings. The van der Waals surface area contributed by atoms with Crippen LogP contribution in [0.2, 0.25) is 0 Å². The molecule has 1 aliphatic rings.